The third-order valence-electron chi connectivity index (χ3n) is 5.03. The van der Waals surface area contributed by atoms with E-state index in [1.807, 2.05) is 0 Å². The van der Waals surface area contributed by atoms with E-state index in [1.165, 1.54) is 23.5 Å². The van der Waals surface area contributed by atoms with Gasteiger partial charge in [-0.05, 0) is 18.6 Å². The summed E-state index contributed by atoms with van der Waals surface area (Å²) >= 11 is 1.28. The minimum atomic E-state index is -4.39. The van der Waals surface area contributed by atoms with Gasteiger partial charge in [-0.15, -0.1) is 11.3 Å². The molecule has 152 valence electrons. The quantitative estimate of drug-likeness (QED) is 0.705. The number of carbonyl (C=O) groups is 2. The highest BCUT2D eigenvalue weighted by Gasteiger charge is 2.32. The lowest BCUT2D eigenvalue weighted by molar-refractivity contribution is -0.137. The van der Waals surface area contributed by atoms with Crippen LogP contribution in [0.3, 0.4) is 0 Å². The number of thiazole rings is 1. The van der Waals surface area contributed by atoms with Gasteiger partial charge < -0.3 is 10.2 Å². The third kappa shape index (κ3) is 3.59. The molecule has 3 heterocycles. The highest BCUT2D eigenvalue weighted by molar-refractivity contribution is 7.15. The van der Waals surface area contributed by atoms with Gasteiger partial charge in [0.2, 0.25) is 5.91 Å². The lowest BCUT2D eigenvalue weighted by atomic mass is 10.1. The number of hydrogen-bond acceptors (Lipinski definition) is 4. The Morgan fingerprint density at radius 1 is 1.24 bits per heavy atom. The summed E-state index contributed by atoms with van der Waals surface area (Å²) in [5, 5.41) is 4.31. The smallest absolute Gasteiger partial charge is 0.359 e. The SMILES string of the molecule is CNC(=O)[C@@H]1CCN(C(=O)c2csc3nc(-c4ccc(C(F)(F)F)cc4)cn23)C1. The molecule has 1 aliphatic rings. The summed E-state index contributed by atoms with van der Waals surface area (Å²) in [6.07, 6.45) is -2.14. The van der Waals surface area contributed by atoms with Crippen LogP contribution in [0.15, 0.2) is 35.8 Å². The molecule has 0 spiro atoms. The van der Waals surface area contributed by atoms with Crippen LogP contribution in [-0.2, 0) is 11.0 Å². The van der Waals surface area contributed by atoms with Gasteiger partial charge >= 0.3 is 6.18 Å². The van der Waals surface area contributed by atoms with Crippen LogP contribution in [0.25, 0.3) is 16.2 Å². The van der Waals surface area contributed by atoms with Crippen molar-refractivity contribution in [1.29, 1.82) is 0 Å². The van der Waals surface area contributed by atoms with E-state index in [2.05, 4.69) is 10.3 Å². The van der Waals surface area contributed by atoms with Crippen LogP contribution in [0.2, 0.25) is 0 Å². The number of nitrogens with zero attached hydrogens (tertiary/aromatic N) is 3. The molecule has 1 saturated heterocycles. The zero-order chi connectivity index (χ0) is 20.8. The van der Waals surface area contributed by atoms with Crippen molar-refractivity contribution in [2.75, 3.05) is 20.1 Å². The number of benzene rings is 1. The third-order valence-corrected chi connectivity index (χ3v) is 5.87. The molecular formula is C19H17F3N4O2S. The van der Waals surface area contributed by atoms with Crippen LogP contribution in [0.4, 0.5) is 13.2 Å². The van der Waals surface area contributed by atoms with E-state index < -0.39 is 11.7 Å². The molecular weight excluding hydrogens is 405 g/mol. The van der Waals surface area contributed by atoms with Crippen molar-refractivity contribution in [2.45, 2.75) is 12.6 Å². The van der Waals surface area contributed by atoms with Crippen LogP contribution in [-0.4, -0.2) is 46.2 Å². The Bertz CT molecular complexity index is 1070. The van der Waals surface area contributed by atoms with Gasteiger partial charge in [0.05, 0.1) is 17.2 Å². The molecule has 0 radical (unpaired) electrons. The molecule has 1 aliphatic heterocycles. The van der Waals surface area contributed by atoms with E-state index in [-0.39, 0.29) is 17.7 Å². The number of halogens is 3. The number of imidazole rings is 1. The van der Waals surface area contributed by atoms with Gasteiger partial charge in [-0.2, -0.15) is 13.2 Å². The normalized spacial score (nSPS) is 17.1. The summed E-state index contributed by atoms with van der Waals surface area (Å²) in [5.74, 6) is -0.495. The molecule has 0 saturated carbocycles. The van der Waals surface area contributed by atoms with Gasteiger partial charge in [-0.3, -0.25) is 14.0 Å². The molecule has 1 N–H and O–H groups in total. The molecule has 1 atom stereocenters. The highest BCUT2D eigenvalue weighted by Crippen LogP contribution is 2.31. The van der Waals surface area contributed by atoms with Crippen LogP contribution in [0.1, 0.15) is 22.5 Å². The van der Waals surface area contributed by atoms with Gasteiger partial charge in [0.25, 0.3) is 5.91 Å². The molecule has 4 rings (SSSR count). The van der Waals surface area contributed by atoms with E-state index in [9.17, 15) is 22.8 Å². The van der Waals surface area contributed by atoms with Gasteiger partial charge in [0.15, 0.2) is 4.96 Å². The van der Waals surface area contributed by atoms with Gasteiger partial charge in [-0.25, -0.2) is 4.98 Å². The molecule has 0 aliphatic carbocycles. The topological polar surface area (TPSA) is 66.7 Å². The van der Waals surface area contributed by atoms with Crippen molar-refractivity contribution in [3.05, 3.63) is 47.1 Å². The first kappa shape index (κ1) is 19.4. The average molecular weight is 422 g/mol. The second kappa shape index (κ2) is 7.18. The van der Waals surface area contributed by atoms with Crippen molar-refractivity contribution in [2.24, 2.45) is 5.92 Å². The molecule has 1 aromatic carbocycles. The molecule has 1 fully saturated rings. The van der Waals surface area contributed by atoms with Crippen molar-refractivity contribution in [1.82, 2.24) is 19.6 Å². The van der Waals surface area contributed by atoms with Crippen molar-refractivity contribution in [3.8, 4) is 11.3 Å². The number of amides is 2. The van der Waals surface area contributed by atoms with E-state index in [4.69, 9.17) is 0 Å². The van der Waals surface area contributed by atoms with Crippen LogP contribution < -0.4 is 5.32 Å². The van der Waals surface area contributed by atoms with Crippen molar-refractivity contribution >= 4 is 28.1 Å². The molecule has 0 bridgehead atoms. The summed E-state index contributed by atoms with van der Waals surface area (Å²) < 4.78 is 39.9. The molecule has 29 heavy (non-hydrogen) atoms. The fraction of sp³-hybridized carbons (Fsp3) is 0.316. The van der Waals surface area contributed by atoms with Gasteiger partial charge in [0, 0.05) is 37.3 Å². The minimum Gasteiger partial charge on any atom is -0.359 e. The molecule has 2 amide bonds. The first-order valence-corrected chi connectivity index (χ1v) is 9.81. The standard InChI is InChI=1S/C19H17F3N4O2S/c1-23-16(27)12-6-7-25(8-12)17(28)15-10-29-18-24-14(9-26(15)18)11-2-4-13(5-3-11)19(20,21)22/h2-5,9-10,12H,6-8H2,1H3,(H,23,27)/t12-/m1/s1. The monoisotopic (exact) mass is 422 g/mol. The molecule has 2 aromatic heterocycles. The first-order chi connectivity index (χ1) is 13.8. The van der Waals surface area contributed by atoms with E-state index in [1.54, 1.807) is 27.9 Å². The summed E-state index contributed by atoms with van der Waals surface area (Å²) in [7, 11) is 1.57. The first-order valence-electron chi connectivity index (χ1n) is 8.93. The maximum atomic E-state index is 12.9. The summed E-state index contributed by atoms with van der Waals surface area (Å²) in [6.45, 7) is 0.852. The highest BCUT2D eigenvalue weighted by atomic mass is 32.1. The Labute approximate surface area is 168 Å². The minimum absolute atomic E-state index is 0.0806. The van der Waals surface area contributed by atoms with E-state index in [0.29, 0.717) is 41.4 Å². The number of nitrogens with one attached hydrogen (secondary N) is 1. The predicted molar refractivity (Wildman–Crippen MR) is 102 cm³/mol. The van der Waals surface area contributed by atoms with Gasteiger partial charge in [-0.1, -0.05) is 12.1 Å². The fourth-order valence-electron chi connectivity index (χ4n) is 3.43. The Hall–Kier alpha value is -2.88. The Kier molecular flexibility index (Phi) is 4.81. The summed E-state index contributed by atoms with van der Waals surface area (Å²) in [6, 6.07) is 4.76. The number of carbonyl (C=O) groups excluding carboxylic acids is 2. The number of rotatable bonds is 3. The number of likely N-dealkylation sites (tertiary alicyclic amines) is 1. The van der Waals surface area contributed by atoms with E-state index in [0.717, 1.165) is 12.1 Å². The number of hydrogen-bond donors (Lipinski definition) is 1. The van der Waals surface area contributed by atoms with Crippen LogP contribution in [0, 0.1) is 5.92 Å². The molecule has 3 aromatic rings. The Balaban J connectivity index is 1.58. The van der Waals surface area contributed by atoms with Crippen LogP contribution >= 0.6 is 11.3 Å². The average Bonchev–Trinajstić information content (AvgIpc) is 3.41. The molecule has 0 unspecified atom stereocenters. The maximum Gasteiger partial charge on any atom is 0.416 e. The van der Waals surface area contributed by atoms with E-state index >= 15 is 0 Å². The largest absolute Gasteiger partial charge is 0.416 e. The van der Waals surface area contributed by atoms with Gasteiger partial charge in [0.1, 0.15) is 5.69 Å². The molecule has 6 nitrogen and oxygen atoms in total. The van der Waals surface area contributed by atoms with Crippen molar-refractivity contribution in [3.63, 3.8) is 0 Å². The zero-order valence-corrected chi connectivity index (χ0v) is 16.2. The zero-order valence-electron chi connectivity index (χ0n) is 15.4. The number of aromatic nitrogens is 2. The lowest BCUT2D eigenvalue weighted by Gasteiger charge is -2.15. The second-order valence-corrected chi connectivity index (χ2v) is 7.66. The number of alkyl halides is 3. The Morgan fingerprint density at radius 3 is 2.62 bits per heavy atom. The lowest BCUT2D eigenvalue weighted by Crippen LogP contribution is -2.33. The second-order valence-electron chi connectivity index (χ2n) is 6.83. The summed E-state index contributed by atoms with van der Waals surface area (Å²) in [4.78, 5) is 31.3. The molecule has 10 heteroatoms. The fourth-order valence-corrected chi connectivity index (χ4v) is 4.28. The predicted octanol–water partition coefficient (Wildman–Crippen LogP) is 3.29. The maximum absolute atomic E-state index is 12.9. The van der Waals surface area contributed by atoms with Crippen molar-refractivity contribution < 1.29 is 22.8 Å². The van der Waals surface area contributed by atoms with Crippen LogP contribution in [0.5, 0.6) is 0 Å². The summed E-state index contributed by atoms with van der Waals surface area (Å²) in [5.41, 5.74) is 0.725. The number of fused-ring (bicyclic) bond motifs is 1. The Morgan fingerprint density at radius 2 is 1.97 bits per heavy atom.